The summed E-state index contributed by atoms with van der Waals surface area (Å²) in [6.45, 7) is 7.66. The van der Waals surface area contributed by atoms with Crippen molar-refractivity contribution >= 4 is 29.1 Å². The van der Waals surface area contributed by atoms with Crippen molar-refractivity contribution in [3.05, 3.63) is 16.1 Å². The highest BCUT2D eigenvalue weighted by atomic mass is 32.2. The number of thioether (sulfide) groups is 1. The second-order valence-corrected chi connectivity index (χ2v) is 8.42. The Labute approximate surface area is 141 Å². The average molecular weight is 343 g/mol. The van der Waals surface area contributed by atoms with Crippen LogP contribution >= 0.6 is 23.1 Å². The molecule has 0 spiro atoms. The Hall–Kier alpha value is -0.790. The standard InChI is InChI=1S/C15H26N4OS2/c1-4-21-15(5-7-20-8-6-15)11-19-14(16-3)18-10-13-17-9-12(2)22-13/h9H,4-8,10-11H2,1-3H3,(H2,16,18,19). The molecule has 1 aromatic rings. The Kier molecular flexibility index (Phi) is 6.98. The minimum absolute atomic E-state index is 0.266. The van der Waals surface area contributed by atoms with Gasteiger partial charge in [0.25, 0.3) is 0 Å². The van der Waals surface area contributed by atoms with Gasteiger partial charge in [-0.3, -0.25) is 4.99 Å². The van der Waals surface area contributed by atoms with E-state index in [4.69, 9.17) is 4.74 Å². The van der Waals surface area contributed by atoms with Crippen molar-refractivity contribution in [2.24, 2.45) is 4.99 Å². The van der Waals surface area contributed by atoms with E-state index in [1.807, 2.05) is 25.0 Å². The summed E-state index contributed by atoms with van der Waals surface area (Å²) in [7, 11) is 1.81. The second-order valence-electron chi connectivity index (χ2n) is 5.37. The molecule has 5 nitrogen and oxygen atoms in total. The number of hydrogen-bond donors (Lipinski definition) is 2. The van der Waals surface area contributed by atoms with Gasteiger partial charge in [-0.05, 0) is 25.5 Å². The smallest absolute Gasteiger partial charge is 0.191 e. The molecule has 0 bridgehead atoms. The summed E-state index contributed by atoms with van der Waals surface area (Å²) in [5.41, 5.74) is 0. The molecule has 0 radical (unpaired) electrons. The van der Waals surface area contributed by atoms with E-state index >= 15 is 0 Å². The van der Waals surface area contributed by atoms with Crippen LogP contribution in [0.5, 0.6) is 0 Å². The number of nitrogens with one attached hydrogen (secondary N) is 2. The molecule has 1 saturated heterocycles. The van der Waals surface area contributed by atoms with Gasteiger partial charge in [0.1, 0.15) is 5.01 Å². The van der Waals surface area contributed by atoms with Crippen LogP contribution in [-0.4, -0.2) is 48.2 Å². The molecule has 0 saturated carbocycles. The van der Waals surface area contributed by atoms with Crippen molar-refractivity contribution in [1.82, 2.24) is 15.6 Å². The van der Waals surface area contributed by atoms with Gasteiger partial charge in [-0.15, -0.1) is 11.3 Å². The van der Waals surface area contributed by atoms with Crippen molar-refractivity contribution in [1.29, 1.82) is 0 Å². The van der Waals surface area contributed by atoms with Gasteiger partial charge in [-0.1, -0.05) is 6.92 Å². The molecule has 0 amide bonds. The van der Waals surface area contributed by atoms with Crippen LogP contribution in [0.3, 0.4) is 0 Å². The quantitative estimate of drug-likeness (QED) is 0.614. The molecule has 7 heteroatoms. The number of hydrogen-bond acceptors (Lipinski definition) is 5. The number of aryl methyl sites for hydroxylation is 1. The fraction of sp³-hybridized carbons (Fsp3) is 0.733. The number of guanidine groups is 1. The molecule has 0 unspecified atom stereocenters. The summed E-state index contributed by atoms with van der Waals surface area (Å²) >= 11 is 3.75. The first-order valence-corrected chi connectivity index (χ1v) is 9.55. The first kappa shape index (κ1) is 17.6. The maximum absolute atomic E-state index is 5.52. The van der Waals surface area contributed by atoms with Crippen molar-refractivity contribution in [3.8, 4) is 0 Å². The minimum Gasteiger partial charge on any atom is -0.381 e. The Bertz CT molecular complexity index is 478. The highest BCUT2D eigenvalue weighted by Crippen LogP contribution is 2.34. The third-order valence-corrected chi connectivity index (χ3v) is 6.10. The number of nitrogens with zero attached hydrogens (tertiary/aromatic N) is 2. The van der Waals surface area contributed by atoms with Crippen LogP contribution in [0.25, 0.3) is 0 Å². The van der Waals surface area contributed by atoms with Gasteiger partial charge in [-0.25, -0.2) is 4.98 Å². The number of aliphatic imine (C=N–C) groups is 1. The lowest BCUT2D eigenvalue weighted by Gasteiger charge is -2.37. The van der Waals surface area contributed by atoms with Gasteiger partial charge in [0.15, 0.2) is 5.96 Å². The lowest BCUT2D eigenvalue weighted by atomic mass is 9.99. The highest BCUT2D eigenvalue weighted by Gasteiger charge is 2.32. The molecule has 1 aliphatic rings. The SMILES string of the molecule is CCSC1(CNC(=NC)NCc2ncc(C)s2)CCOCC1. The van der Waals surface area contributed by atoms with Crippen molar-refractivity contribution in [3.63, 3.8) is 0 Å². The summed E-state index contributed by atoms with van der Waals surface area (Å²) in [4.78, 5) is 9.92. The number of aromatic nitrogens is 1. The maximum Gasteiger partial charge on any atom is 0.191 e. The molecule has 1 aliphatic heterocycles. The lowest BCUT2D eigenvalue weighted by molar-refractivity contribution is 0.0782. The molecule has 2 heterocycles. The molecule has 2 rings (SSSR count). The highest BCUT2D eigenvalue weighted by molar-refractivity contribution is 8.00. The third kappa shape index (κ3) is 5.14. The van der Waals surface area contributed by atoms with Crippen LogP contribution < -0.4 is 10.6 Å². The molecule has 0 aliphatic carbocycles. The molecule has 0 atom stereocenters. The summed E-state index contributed by atoms with van der Waals surface area (Å²) in [5, 5.41) is 7.91. The van der Waals surface area contributed by atoms with E-state index in [0.717, 1.165) is 55.9 Å². The van der Waals surface area contributed by atoms with Crippen LogP contribution in [0.2, 0.25) is 0 Å². The van der Waals surface area contributed by atoms with Gasteiger partial charge in [0, 0.05) is 42.6 Å². The normalized spacial score (nSPS) is 18.2. The molecule has 0 aromatic carbocycles. The van der Waals surface area contributed by atoms with Crippen molar-refractivity contribution < 1.29 is 4.74 Å². The first-order valence-electron chi connectivity index (χ1n) is 7.75. The fourth-order valence-electron chi connectivity index (χ4n) is 2.53. The summed E-state index contributed by atoms with van der Waals surface area (Å²) in [6, 6.07) is 0. The third-order valence-electron chi connectivity index (χ3n) is 3.73. The van der Waals surface area contributed by atoms with Gasteiger partial charge >= 0.3 is 0 Å². The van der Waals surface area contributed by atoms with E-state index in [-0.39, 0.29) is 4.75 Å². The fourth-order valence-corrected chi connectivity index (χ4v) is 4.50. The van der Waals surface area contributed by atoms with Crippen LogP contribution in [0, 0.1) is 6.92 Å². The molecule has 1 fully saturated rings. The topological polar surface area (TPSA) is 58.5 Å². The van der Waals surface area contributed by atoms with Crippen LogP contribution in [0.1, 0.15) is 29.7 Å². The van der Waals surface area contributed by atoms with Gasteiger partial charge in [0.2, 0.25) is 0 Å². The predicted octanol–water partition coefficient (Wildman–Crippen LogP) is 2.42. The Morgan fingerprint density at radius 2 is 2.23 bits per heavy atom. The Morgan fingerprint density at radius 1 is 1.45 bits per heavy atom. The monoisotopic (exact) mass is 342 g/mol. The molecule has 22 heavy (non-hydrogen) atoms. The van der Waals surface area contributed by atoms with E-state index in [2.05, 4.69) is 34.5 Å². The van der Waals surface area contributed by atoms with E-state index in [0.29, 0.717) is 0 Å². The lowest BCUT2D eigenvalue weighted by Crippen LogP contribution is -2.48. The van der Waals surface area contributed by atoms with Crippen molar-refractivity contribution in [2.45, 2.75) is 38.0 Å². The zero-order valence-corrected chi connectivity index (χ0v) is 15.3. The average Bonchev–Trinajstić information content (AvgIpc) is 2.94. The van der Waals surface area contributed by atoms with Crippen LogP contribution in [-0.2, 0) is 11.3 Å². The zero-order chi connectivity index (χ0) is 15.8. The first-order chi connectivity index (χ1) is 10.7. The maximum atomic E-state index is 5.52. The zero-order valence-electron chi connectivity index (χ0n) is 13.6. The minimum atomic E-state index is 0.266. The van der Waals surface area contributed by atoms with E-state index in [9.17, 15) is 0 Å². The number of thiazole rings is 1. The summed E-state index contributed by atoms with van der Waals surface area (Å²) < 4.78 is 5.78. The van der Waals surface area contributed by atoms with E-state index < -0.39 is 0 Å². The molecular formula is C15H26N4OS2. The molecule has 124 valence electrons. The molecular weight excluding hydrogens is 316 g/mol. The van der Waals surface area contributed by atoms with Gasteiger partial charge in [0.05, 0.1) is 6.54 Å². The van der Waals surface area contributed by atoms with Gasteiger partial charge < -0.3 is 15.4 Å². The van der Waals surface area contributed by atoms with E-state index in [1.165, 1.54) is 4.88 Å². The Balaban J connectivity index is 1.83. The van der Waals surface area contributed by atoms with Crippen LogP contribution in [0.4, 0.5) is 0 Å². The van der Waals surface area contributed by atoms with E-state index in [1.54, 1.807) is 11.3 Å². The molecule has 2 N–H and O–H groups in total. The summed E-state index contributed by atoms with van der Waals surface area (Å²) in [5.74, 6) is 1.97. The molecule has 1 aromatic heterocycles. The Morgan fingerprint density at radius 3 is 2.82 bits per heavy atom. The van der Waals surface area contributed by atoms with Gasteiger partial charge in [-0.2, -0.15) is 11.8 Å². The number of ether oxygens (including phenoxy) is 1. The largest absolute Gasteiger partial charge is 0.381 e. The number of rotatable bonds is 6. The summed E-state index contributed by atoms with van der Waals surface area (Å²) in [6.07, 6.45) is 4.11. The predicted molar refractivity (Wildman–Crippen MR) is 96.0 cm³/mol. The van der Waals surface area contributed by atoms with Crippen molar-refractivity contribution in [2.75, 3.05) is 32.6 Å². The van der Waals surface area contributed by atoms with Crippen LogP contribution in [0.15, 0.2) is 11.2 Å². The second kappa shape index (κ2) is 8.74.